The summed E-state index contributed by atoms with van der Waals surface area (Å²) in [6.07, 6.45) is 2.89. The molecule has 0 spiro atoms. The summed E-state index contributed by atoms with van der Waals surface area (Å²) in [6.45, 7) is 2.07. The first kappa shape index (κ1) is 24.7. The van der Waals surface area contributed by atoms with Crippen LogP contribution in [0.3, 0.4) is 0 Å². The minimum absolute atomic E-state index is 0.439. The number of furan rings is 1. The second-order valence-electron chi connectivity index (χ2n) is 7.89. The smallest absolute Gasteiger partial charge is 0.475 e. The largest absolute Gasteiger partial charge is 0.490 e. The number of carbonyl (C=O) groups is 1. The molecule has 0 unspecified atom stereocenters. The first-order chi connectivity index (χ1) is 16.6. The number of alkyl halides is 3. The van der Waals surface area contributed by atoms with E-state index < -0.39 is 12.1 Å². The summed E-state index contributed by atoms with van der Waals surface area (Å²) in [4.78, 5) is 13.3. The van der Waals surface area contributed by atoms with Crippen LogP contribution in [0.1, 0.15) is 18.9 Å². The summed E-state index contributed by atoms with van der Waals surface area (Å²) in [5.74, 6) is -1.62. The zero-order valence-corrected chi connectivity index (χ0v) is 19.8. The first-order valence-corrected chi connectivity index (χ1v) is 11.4. The Morgan fingerprint density at radius 2 is 1.89 bits per heavy atom. The van der Waals surface area contributed by atoms with E-state index >= 15 is 0 Å². The van der Waals surface area contributed by atoms with Gasteiger partial charge >= 0.3 is 12.1 Å². The number of pyridine rings is 1. The van der Waals surface area contributed by atoms with Crippen LogP contribution in [0.5, 0.6) is 0 Å². The number of carboxylic acid groups (broad SMARTS) is 1. The van der Waals surface area contributed by atoms with Gasteiger partial charge in [0.2, 0.25) is 0 Å². The lowest BCUT2D eigenvalue weighted by molar-refractivity contribution is -0.192. The van der Waals surface area contributed by atoms with Crippen LogP contribution >= 0.6 is 15.9 Å². The van der Waals surface area contributed by atoms with Crippen molar-refractivity contribution in [3.8, 4) is 22.5 Å². The minimum atomic E-state index is -5.08. The van der Waals surface area contributed by atoms with Crippen LogP contribution in [-0.4, -0.2) is 45.1 Å². The predicted octanol–water partition coefficient (Wildman–Crippen LogP) is 5.26. The molecule has 8 nitrogen and oxygen atoms in total. The molecule has 4 heterocycles. The van der Waals surface area contributed by atoms with E-state index in [1.807, 2.05) is 36.5 Å². The van der Waals surface area contributed by atoms with Crippen LogP contribution in [-0.2, 0) is 4.79 Å². The highest BCUT2D eigenvalue weighted by atomic mass is 79.9. The molecule has 35 heavy (non-hydrogen) atoms. The number of fused-ring (bicyclic) bond motifs is 1. The van der Waals surface area contributed by atoms with Crippen molar-refractivity contribution in [2.45, 2.75) is 25.1 Å². The van der Waals surface area contributed by atoms with Gasteiger partial charge in [0.15, 0.2) is 5.76 Å². The number of nitrogens with one attached hydrogen (secondary N) is 1. The van der Waals surface area contributed by atoms with Crippen molar-refractivity contribution >= 4 is 38.7 Å². The fourth-order valence-corrected chi connectivity index (χ4v) is 4.38. The van der Waals surface area contributed by atoms with Gasteiger partial charge in [0.25, 0.3) is 0 Å². The van der Waals surface area contributed by atoms with Gasteiger partial charge in [-0.05, 0) is 60.1 Å². The Labute approximate surface area is 206 Å². The standard InChI is InChI=1S/C21H20BrN5O.C2HF3O2/c22-19-16-3-1-2-4-18(16)28-20(19)17-9-13(10-25-21(17)23)14-11-26-27(12-14)15-5-7-24-8-6-15;3-2(4,5)1(6)7/h1-4,9-12,15,24H,5-8H2,(H2,23,25);(H,6,7). The molecule has 12 heteroatoms. The number of hydrogen-bond acceptors (Lipinski definition) is 6. The fraction of sp³-hybridized carbons (Fsp3) is 0.261. The van der Waals surface area contributed by atoms with E-state index in [-0.39, 0.29) is 0 Å². The Balaban J connectivity index is 0.000000364. The van der Waals surface area contributed by atoms with Gasteiger partial charge in [-0.25, -0.2) is 9.78 Å². The number of aliphatic carboxylic acids is 1. The molecule has 1 saturated heterocycles. The number of nitrogen functional groups attached to an aromatic ring is 1. The van der Waals surface area contributed by atoms with E-state index in [1.165, 1.54) is 0 Å². The van der Waals surface area contributed by atoms with E-state index in [4.69, 9.17) is 20.1 Å². The topological polar surface area (TPSA) is 119 Å². The highest BCUT2D eigenvalue weighted by molar-refractivity contribution is 9.10. The summed E-state index contributed by atoms with van der Waals surface area (Å²) in [7, 11) is 0. The van der Waals surface area contributed by atoms with Gasteiger partial charge in [0.05, 0.1) is 22.3 Å². The summed E-state index contributed by atoms with van der Waals surface area (Å²) in [5.41, 5.74) is 9.78. The van der Waals surface area contributed by atoms with Gasteiger partial charge in [0, 0.05) is 28.9 Å². The number of anilines is 1. The number of nitrogens with zero attached hydrogens (tertiary/aromatic N) is 3. The number of rotatable bonds is 3. The average molecular weight is 552 g/mol. The number of piperidine rings is 1. The third kappa shape index (κ3) is 5.49. The Morgan fingerprint density at radius 1 is 1.20 bits per heavy atom. The second kappa shape index (κ2) is 10.1. The van der Waals surface area contributed by atoms with E-state index in [2.05, 4.69) is 42.2 Å². The molecular weight excluding hydrogens is 531 g/mol. The number of para-hydroxylation sites is 1. The molecule has 0 aliphatic carbocycles. The van der Waals surface area contributed by atoms with Crippen molar-refractivity contribution in [1.29, 1.82) is 0 Å². The van der Waals surface area contributed by atoms with Gasteiger partial charge in [0.1, 0.15) is 11.4 Å². The molecule has 1 aromatic carbocycles. The lowest BCUT2D eigenvalue weighted by Gasteiger charge is -2.22. The highest BCUT2D eigenvalue weighted by Crippen LogP contribution is 2.40. The summed E-state index contributed by atoms with van der Waals surface area (Å²) < 4.78 is 40.8. The molecule has 0 radical (unpaired) electrons. The Morgan fingerprint density at radius 3 is 2.54 bits per heavy atom. The van der Waals surface area contributed by atoms with Crippen molar-refractivity contribution in [2.24, 2.45) is 0 Å². The lowest BCUT2D eigenvalue weighted by atomic mass is 10.1. The van der Waals surface area contributed by atoms with Crippen LogP contribution in [0.2, 0.25) is 0 Å². The average Bonchev–Trinajstić information content (AvgIpc) is 3.46. The number of nitrogens with two attached hydrogens (primary N) is 1. The van der Waals surface area contributed by atoms with Gasteiger partial charge in [-0.3, -0.25) is 4.68 Å². The summed E-state index contributed by atoms with van der Waals surface area (Å²) in [6, 6.07) is 10.4. The van der Waals surface area contributed by atoms with E-state index in [0.717, 1.165) is 58.1 Å². The zero-order valence-electron chi connectivity index (χ0n) is 18.2. The summed E-state index contributed by atoms with van der Waals surface area (Å²) >= 11 is 3.66. The monoisotopic (exact) mass is 551 g/mol. The number of hydrogen-bond donors (Lipinski definition) is 3. The van der Waals surface area contributed by atoms with Crippen molar-refractivity contribution in [3.63, 3.8) is 0 Å². The van der Waals surface area contributed by atoms with Crippen molar-refractivity contribution in [2.75, 3.05) is 18.8 Å². The molecular formula is C23H21BrF3N5O3. The van der Waals surface area contributed by atoms with Gasteiger partial charge in [-0.1, -0.05) is 12.1 Å². The number of halogens is 4. The second-order valence-corrected chi connectivity index (χ2v) is 8.68. The van der Waals surface area contributed by atoms with Crippen molar-refractivity contribution in [3.05, 3.63) is 53.4 Å². The van der Waals surface area contributed by atoms with Gasteiger partial charge < -0.3 is 20.6 Å². The first-order valence-electron chi connectivity index (χ1n) is 10.6. The third-order valence-corrected chi connectivity index (χ3v) is 6.35. The van der Waals surface area contributed by atoms with E-state index in [9.17, 15) is 13.2 Å². The Hall–Kier alpha value is -3.38. The van der Waals surface area contributed by atoms with Crippen LogP contribution in [0.4, 0.5) is 19.0 Å². The maximum atomic E-state index is 10.6. The number of aromatic nitrogens is 3. The Bertz CT molecular complexity index is 1350. The molecule has 1 fully saturated rings. The molecule has 0 bridgehead atoms. The molecule has 5 rings (SSSR count). The zero-order chi connectivity index (χ0) is 25.2. The molecule has 1 aliphatic rings. The van der Waals surface area contributed by atoms with Crippen LogP contribution in [0.25, 0.3) is 33.4 Å². The molecule has 3 aromatic heterocycles. The normalized spacial score (nSPS) is 14.5. The van der Waals surface area contributed by atoms with Crippen LogP contribution < -0.4 is 11.1 Å². The van der Waals surface area contributed by atoms with Gasteiger partial charge in [-0.15, -0.1) is 0 Å². The van der Waals surface area contributed by atoms with Crippen molar-refractivity contribution < 1.29 is 27.5 Å². The molecule has 0 amide bonds. The quantitative estimate of drug-likeness (QED) is 0.317. The highest BCUT2D eigenvalue weighted by Gasteiger charge is 2.38. The SMILES string of the molecule is Nc1ncc(-c2cnn(C3CCNCC3)c2)cc1-c1oc2ccccc2c1Br.O=C(O)C(F)(F)F. The minimum Gasteiger partial charge on any atom is -0.475 e. The maximum absolute atomic E-state index is 10.6. The number of carboxylic acids is 1. The summed E-state index contributed by atoms with van der Waals surface area (Å²) in [5, 5.41) is 16.1. The predicted molar refractivity (Wildman–Crippen MR) is 128 cm³/mol. The molecule has 184 valence electrons. The lowest BCUT2D eigenvalue weighted by Crippen LogP contribution is -2.29. The third-order valence-electron chi connectivity index (χ3n) is 5.56. The van der Waals surface area contributed by atoms with Crippen LogP contribution in [0, 0.1) is 0 Å². The maximum Gasteiger partial charge on any atom is 0.490 e. The van der Waals surface area contributed by atoms with Crippen LogP contribution in [0.15, 0.2) is 57.8 Å². The molecule has 0 atom stereocenters. The van der Waals surface area contributed by atoms with Crippen molar-refractivity contribution in [1.82, 2.24) is 20.1 Å². The molecule has 1 aliphatic heterocycles. The van der Waals surface area contributed by atoms with E-state index in [0.29, 0.717) is 17.6 Å². The molecule has 4 N–H and O–H groups in total. The molecule has 0 saturated carbocycles. The molecule has 4 aromatic rings. The van der Waals surface area contributed by atoms with Gasteiger partial charge in [-0.2, -0.15) is 18.3 Å². The Kier molecular flexibility index (Phi) is 7.13. The fourth-order valence-electron chi connectivity index (χ4n) is 3.76. The van der Waals surface area contributed by atoms with E-state index in [1.54, 1.807) is 6.20 Å². The number of benzene rings is 1.